The molecule has 0 fully saturated rings. The summed E-state index contributed by atoms with van der Waals surface area (Å²) in [7, 11) is 3.00. The minimum Gasteiger partial charge on any atom is -0.493 e. The van der Waals surface area contributed by atoms with Gasteiger partial charge >= 0.3 is 0 Å². The Kier molecular flexibility index (Phi) is 7.07. The van der Waals surface area contributed by atoms with E-state index in [4.69, 9.17) is 9.47 Å². The molecule has 30 heavy (non-hydrogen) atoms. The number of nitrogens with one attached hydrogen (secondary N) is 2. The fraction of sp³-hybridized carbons (Fsp3) is 0.190. The van der Waals surface area contributed by atoms with Crippen LogP contribution in [-0.4, -0.2) is 38.3 Å². The van der Waals surface area contributed by atoms with Gasteiger partial charge in [-0.05, 0) is 43.3 Å². The van der Waals surface area contributed by atoms with Crippen molar-refractivity contribution in [2.75, 3.05) is 20.8 Å². The Bertz CT molecular complexity index is 1130. The van der Waals surface area contributed by atoms with E-state index in [2.05, 4.69) is 31.8 Å². The number of hydrogen-bond acceptors (Lipinski definition) is 6. The van der Waals surface area contributed by atoms with Crippen molar-refractivity contribution < 1.29 is 19.1 Å². The first-order chi connectivity index (χ1) is 14.4. The molecule has 9 heteroatoms. The van der Waals surface area contributed by atoms with Gasteiger partial charge in [-0.1, -0.05) is 15.9 Å². The molecule has 0 spiro atoms. The summed E-state index contributed by atoms with van der Waals surface area (Å²) in [4.78, 5) is 24.4. The zero-order chi connectivity index (χ0) is 21.7. The molecule has 2 amide bonds. The maximum atomic E-state index is 12.3. The quantitative estimate of drug-likeness (QED) is 0.388. The van der Waals surface area contributed by atoms with Gasteiger partial charge in [-0.2, -0.15) is 5.10 Å². The third-order valence-electron chi connectivity index (χ3n) is 4.33. The van der Waals surface area contributed by atoms with E-state index in [-0.39, 0.29) is 6.54 Å². The summed E-state index contributed by atoms with van der Waals surface area (Å²) < 4.78 is 12.4. The van der Waals surface area contributed by atoms with Crippen molar-refractivity contribution in [3.63, 3.8) is 0 Å². The van der Waals surface area contributed by atoms with Crippen LogP contribution in [0.5, 0.6) is 11.5 Å². The molecule has 0 saturated heterocycles. The van der Waals surface area contributed by atoms with Crippen molar-refractivity contribution in [3.05, 3.63) is 57.4 Å². The van der Waals surface area contributed by atoms with Crippen LogP contribution < -0.4 is 20.2 Å². The zero-order valence-corrected chi connectivity index (χ0v) is 19.0. The Hall–Kier alpha value is -2.91. The fourth-order valence-electron chi connectivity index (χ4n) is 2.77. The van der Waals surface area contributed by atoms with Crippen molar-refractivity contribution in [3.8, 4) is 11.5 Å². The number of carbonyl (C=O) groups excluding carboxylic acids is 2. The standard InChI is InChI=1S/C21H20BrN3O4S/c1-12(16-11-30-19-7-5-14(22)9-15(16)19)24-25-20(26)10-23-21(27)13-4-6-17(28-2)18(8-13)29-3/h4-9,11H,10H2,1-3H3,(H,23,27)(H,25,26)/b24-12+. The molecular weight excluding hydrogens is 470 g/mol. The van der Waals surface area contributed by atoms with Crippen LogP contribution in [0.3, 0.4) is 0 Å². The first kappa shape index (κ1) is 21.8. The molecular formula is C21H20BrN3O4S. The Morgan fingerprint density at radius 1 is 1.10 bits per heavy atom. The van der Waals surface area contributed by atoms with Crippen molar-refractivity contribution in [1.82, 2.24) is 10.7 Å². The molecule has 0 unspecified atom stereocenters. The highest BCUT2D eigenvalue weighted by molar-refractivity contribution is 9.10. The summed E-state index contributed by atoms with van der Waals surface area (Å²) in [5.74, 6) is 0.124. The lowest BCUT2D eigenvalue weighted by Gasteiger charge is -2.09. The van der Waals surface area contributed by atoms with Gasteiger partial charge in [0.1, 0.15) is 0 Å². The molecule has 2 aromatic carbocycles. The number of rotatable bonds is 7. The van der Waals surface area contributed by atoms with Gasteiger partial charge in [0.2, 0.25) is 0 Å². The molecule has 7 nitrogen and oxygen atoms in total. The van der Waals surface area contributed by atoms with Gasteiger partial charge in [-0.3, -0.25) is 9.59 Å². The number of carbonyl (C=O) groups is 2. The highest BCUT2D eigenvalue weighted by Gasteiger charge is 2.12. The zero-order valence-electron chi connectivity index (χ0n) is 16.6. The van der Waals surface area contributed by atoms with Gasteiger partial charge in [0, 0.05) is 31.1 Å². The lowest BCUT2D eigenvalue weighted by molar-refractivity contribution is -0.120. The van der Waals surface area contributed by atoms with Gasteiger partial charge in [-0.15, -0.1) is 11.3 Å². The SMILES string of the molecule is COc1ccc(C(=O)NCC(=O)N/N=C(\C)c2csc3ccc(Br)cc23)cc1OC. The van der Waals surface area contributed by atoms with E-state index in [1.807, 2.05) is 30.5 Å². The van der Waals surface area contributed by atoms with Gasteiger partial charge in [-0.25, -0.2) is 5.43 Å². The molecule has 1 heterocycles. The second-order valence-electron chi connectivity index (χ2n) is 6.27. The summed E-state index contributed by atoms with van der Waals surface area (Å²) in [5, 5.41) is 9.79. The Labute approximate surface area is 186 Å². The van der Waals surface area contributed by atoms with Gasteiger partial charge < -0.3 is 14.8 Å². The molecule has 0 aliphatic heterocycles. The number of hydrogen-bond donors (Lipinski definition) is 2. The summed E-state index contributed by atoms with van der Waals surface area (Å²) in [6.07, 6.45) is 0. The highest BCUT2D eigenvalue weighted by atomic mass is 79.9. The van der Waals surface area contributed by atoms with Gasteiger partial charge in [0.15, 0.2) is 11.5 Å². The average Bonchev–Trinajstić information content (AvgIpc) is 3.18. The van der Waals surface area contributed by atoms with Crippen LogP contribution in [0.1, 0.15) is 22.8 Å². The molecule has 0 aliphatic rings. The van der Waals surface area contributed by atoms with Crippen LogP contribution in [0.15, 0.2) is 51.4 Å². The first-order valence-corrected chi connectivity index (χ1v) is 10.6. The number of halogens is 1. The number of ether oxygens (including phenoxy) is 2. The number of thiophene rings is 1. The summed E-state index contributed by atoms with van der Waals surface area (Å²) in [6.45, 7) is 1.62. The third kappa shape index (κ3) is 4.98. The van der Waals surface area contributed by atoms with Crippen LogP contribution in [0.25, 0.3) is 10.1 Å². The summed E-state index contributed by atoms with van der Waals surface area (Å²) >= 11 is 5.08. The van der Waals surface area contributed by atoms with Gasteiger partial charge in [0.05, 0.1) is 26.5 Å². The molecule has 0 atom stereocenters. The Balaban J connectivity index is 1.60. The predicted molar refractivity (Wildman–Crippen MR) is 122 cm³/mol. The molecule has 156 valence electrons. The number of amides is 2. The lowest BCUT2D eigenvalue weighted by Crippen LogP contribution is -2.35. The fourth-order valence-corrected chi connectivity index (χ4v) is 4.11. The van der Waals surface area contributed by atoms with Gasteiger partial charge in [0.25, 0.3) is 11.8 Å². The Morgan fingerprint density at radius 3 is 2.60 bits per heavy atom. The van der Waals surface area contributed by atoms with E-state index in [0.717, 1.165) is 20.1 Å². The van der Waals surface area contributed by atoms with E-state index >= 15 is 0 Å². The molecule has 0 bridgehead atoms. The lowest BCUT2D eigenvalue weighted by atomic mass is 10.1. The first-order valence-electron chi connectivity index (χ1n) is 8.93. The topological polar surface area (TPSA) is 89.0 Å². The van der Waals surface area contributed by atoms with Crippen LogP contribution in [0, 0.1) is 0 Å². The minimum atomic E-state index is -0.427. The smallest absolute Gasteiger partial charge is 0.259 e. The number of nitrogens with zero attached hydrogens (tertiary/aromatic N) is 1. The van der Waals surface area contributed by atoms with E-state index in [1.165, 1.54) is 14.2 Å². The number of fused-ring (bicyclic) bond motifs is 1. The Morgan fingerprint density at radius 2 is 1.87 bits per heavy atom. The van der Waals surface area contributed by atoms with Crippen LogP contribution in [-0.2, 0) is 4.79 Å². The van der Waals surface area contributed by atoms with E-state index in [1.54, 1.807) is 29.5 Å². The second-order valence-corrected chi connectivity index (χ2v) is 8.10. The molecule has 2 N–H and O–H groups in total. The van der Waals surface area contributed by atoms with Crippen molar-refractivity contribution >= 4 is 54.9 Å². The maximum Gasteiger partial charge on any atom is 0.259 e. The average molecular weight is 490 g/mol. The van der Waals surface area contributed by atoms with Crippen LogP contribution in [0.2, 0.25) is 0 Å². The monoisotopic (exact) mass is 489 g/mol. The van der Waals surface area contributed by atoms with E-state index < -0.39 is 11.8 Å². The molecule has 0 aliphatic carbocycles. The number of hydrazone groups is 1. The predicted octanol–water partition coefficient (Wildman–Crippen LogP) is 3.95. The summed E-state index contributed by atoms with van der Waals surface area (Å²) in [5.41, 5.74) is 4.47. The maximum absolute atomic E-state index is 12.3. The second kappa shape index (κ2) is 9.73. The molecule has 1 aromatic heterocycles. The van der Waals surface area contributed by atoms with Crippen molar-refractivity contribution in [2.24, 2.45) is 5.10 Å². The van der Waals surface area contributed by atoms with E-state index in [9.17, 15) is 9.59 Å². The number of benzene rings is 2. The van der Waals surface area contributed by atoms with E-state index in [0.29, 0.717) is 22.8 Å². The highest BCUT2D eigenvalue weighted by Crippen LogP contribution is 2.29. The van der Waals surface area contributed by atoms with Crippen molar-refractivity contribution in [2.45, 2.75) is 6.92 Å². The molecule has 3 rings (SSSR count). The summed E-state index contributed by atoms with van der Waals surface area (Å²) in [6, 6.07) is 10.8. The van der Waals surface area contributed by atoms with Crippen molar-refractivity contribution in [1.29, 1.82) is 0 Å². The molecule has 0 saturated carbocycles. The third-order valence-corrected chi connectivity index (χ3v) is 5.79. The van der Waals surface area contributed by atoms with Crippen LogP contribution >= 0.6 is 27.3 Å². The number of methoxy groups -OCH3 is 2. The molecule has 3 aromatic rings. The largest absolute Gasteiger partial charge is 0.493 e. The van der Waals surface area contributed by atoms with Crippen LogP contribution in [0.4, 0.5) is 0 Å². The minimum absolute atomic E-state index is 0.208. The molecule has 0 radical (unpaired) electrons. The normalized spacial score (nSPS) is 11.3.